The molecule has 3 N–H and O–H groups in total. The fourth-order valence-corrected chi connectivity index (χ4v) is 1.78. The van der Waals surface area contributed by atoms with Crippen molar-refractivity contribution in [3.8, 4) is 5.82 Å². The van der Waals surface area contributed by atoms with Crippen LogP contribution in [0.15, 0.2) is 10.5 Å². The normalized spacial score (nSPS) is 10.6. The molecule has 7 heteroatoms. The van der Waals surface area contributed by atoms with Crippen LogP contribution in [0.2, 0.25) is 0 Å². The van der Waals surface area contributed by atoms with Crippen molar-refractivity contribution in [2.24, 2.45) is 0 Å². The Balaban J connectivity index is 2.59. The highest BCUT2D eigenvalue weighted by Crippen LogP contribution is 2.23. The van der Waals surface area contributed by atoms with Gasteiger partial charge in [-0.3, -0.25) is 0 Å². The van der Waals surface area contributed by atoms with Crippen molar-refractivity contribution in [1.29, 1.82) is 0 Å². The van der Waals surface area contributed by atoms with E-state index in [2.05, 4.69) is 36.3 Å². The zero-order chi connectivity index (χ0) is 12.6. The van der Waals surface area contributed by atoms with Gasteiger partial charge in [0.05, 0.1) is 15.9 Å². The van der Waals surface area contributed by atoms with E-state index in [0.717, 1.165) is 15.9 Å². The van der Waals surface area contributed by atoms with Crippen LogP contribution >= 0.6 is 15.9 Å². The molecule has 0 atom stereocenters. The number of aromatic nitrogens is 4. The zero-order valence-corrected chi connectivity index (χ0v) is 11.4. The molecule has 0 aliphatic rings. The fraction of sp³-hybridized carbons (Fsp3) is 0.300. The van der Waals surface area contributed by atoms with Crippen molar-refractivity contribution in [1.82, 2.24) is 19.7 Å². The van der Waals surface area contributed by atoms with Crippen molar-refractivity contribution in [3.05, 3.63) is 21.9 Å². The molecule has 6 nitrogen and oxygen atoms in total. The van der Waals surface area contributed by atoms with E-state index in [1.54, 1.807) is 17.8 Å². The first kappa shape index (κ1) is 11.8. The lowest BCUT2D eigenvalue weighted by Crippen LogP contribution is -2.07. The zero-order valence-electron chi connectivity index (χ0n) is 9.82. The van der Waals surface area contributed by atoms with E-state index >= 15 is 0 Å². The smallest absolute Gasteiger partial charge is 0.224 e. The lowest BCUT2D eigenvalue weighted by Gasteiger charge is -2.06. The third-order valence-corrected chi connectivity index (χ3v) is 3.55. The highest BCUT2D eigenvalue weighted by atomic mass is 79.9. The summed E-state index contributed by atoms with van der Waals surface area (Å²) in [6.07, 6.45) is 0. The summed E-state index contributed by atoms with van der Waals surface area (Å²) in [5.41, 5.74) is 7.53. The summed E-state index contributed by atoms with van der Waals surface area (Å²) in [4.78, 5) is 8.21. The molecule has 0 amide bonds. The highest BCUT2D eigenvalue weighted by Gasteiger charge is 2.12. The molecule has 2 rings (SSSR count). The molecule has 0 radical (unpaired) electrons. The molecule has 0 aliphatic carbocycles. The number of nitrogens with zero attached hydrogens (tertiary/aromatic N) is 4. The Bertz CT molecular complexity index is 562. The van der Waals surface area contributed by atoms with Gasteiger partial charge in [-0.05, 0) is 29.8 Å². The second kappa shape index (κ2) is 4.33. The van der Waals surface area contributed by atoms with Crippen LogP contribution in [0.5, 0.6) is 0 Å². The summed E-state index contributed by atoms with van der Waals surface area (Å²) in [5.74, 6) is 1.53. The third-order valence-electron chi connectivity index (χ3n) is 2.41. The maximum atomic E-state index is 5.65. The summed E-state index contributed by atoms with van der Waals surface area (Å²) in [7, 11) is 1.78. The standard InChI is InChI=1S/C10H13BrN6/c1-5-9(11)6(2)17(16-5)8-4-7(13-3)14-10(12)15-8/h4H,1-3H3,(H3,12,13,14,15). The molecule has 0 aromatic carbocycles. The van der Waals surface area contributed by atoms with Crippen molar-refractivity contribution < 1.29 is 0 Å². The molecule has 17 heavy (non-hydrogen) atoms. The van der Waals surface area contributed by atoms with Crippen LogP contribution < -0.4 is 11.1 Å². The molecule has 0 unspecified atom stereocenters. The predicted octanol–water partition coefficient (Wildman–Crippen LogP) is 1.67. The molecule has 0 aliphatic heterocycles. The monoisotopic (exact) mass is 296 g/mol. The minimum atomic E-state index is 0.218. The van der Waals surface area contributed by atoms with Crippen LogP contribution in [0.1, 0.15) is 11.4 Å². The molecular formula is C10H13BrN6. The van der Waals surface area contributed by atoms with Gasteiger partial charge in [-0.1, -0.05) is 0 Å². The van der Waals surface area contributed by atoms with Crippen LogP contribution in [0, 0.1) is 13.8 Å². The van der Waals surface area contributed by atoms with Crippen LogP contribution in [0.3, 0.4) is 0 Å². The average molecular weight is 297 g/mol. The quantitative estimate of drug-likeness (QED) is 0.881. The summed E-state index contributed by atoms with van der Waals surface area (Å²) in [5, 5.41) is 7.33. The number of nitrogen functional groups attached to an aromatic ring is 1. The lowest BCUT2D eigenvalue weighted by atomic mass is 10.4. The van der Waals surface area contributed by atoms with Crippen molar-refractivity contribution >= 4 is 27.7 Å². The van der Waals surface area contributed by atoms with Gasteiger partial charge < -0.3 is 11.1 Å². The number of hydrogen-bond donors (Lipinski definition) is 2. The molecule has 0 fully saturated rings. The first-order valence-corrected chi connectivity index (χ1v) is 5.86. The Morgan fingerprint density at radius 3 is 2.59 bits per heavy atom. The SMILES string of the molecule is CNc1cc(-n2nc(C)c(Br)c2C)nc(N)n1. The van der Waals surface area contributed by atoms with Gasteiger partial charge in [0, 0.05) is 13.1 Å². The molecule has 90 valence electrons. The largest absolute Gasteiger partial charge is 0.373 e. The second-order valence-electron chi connectivity index (χ2n) is 3.62. The number of halogens is 1. The van der Waals surface area contributed by atoms with Crippen LogP contribution in [-0.4, -0.2) is 26.8 Å². The Kier molecular flexibility index (Phi) is 3.01. The number of nitrogens with one attached hydrogen (secondary N) is 1. The van der Waals surface area contributed by atoms with Crippen molar-refractivity contribution in [2.75, 3.05) is 18.1 Å². The van der Waals surface area contributed by atoms with E-state index < -0.39 is 0 Å². The first-order chi connectivity index (χ1) is 8.02. The maximum Gasteiger partial charge on any atom is 0.224 e. The van der Waals surface area contributed by atoms with E-state index in [0.29, 0.717) is 11.6 Å². The van der Waals surface area contributed by atoms with Gasteiger partial charge in [-0.15, -0.1) is 0 Å². The van der Waals surface area contributed by atoms with E-state index in [4.69, 9.17) is 5.73 Å². The number of aryl methyl sites for hydroxylation is 1. The van der Waals surface area contributed by atoms with Gasteiger partial charge in [0.25, 0.3) is 0 Å². The molecule has 0 bridgehead atoms. The molecule has 2 heterocycles. The number of hydrogen-bond acceptors (Lipinski definition) is 5. The molecule has 0 saturated heterocycles. The summed E-state index contributed by atoms with van der Waals surface area (Å²) in [6, 6.07) is 1.79. The number of anilines is 2. The van der Waals surface area contributed by atoms with Crippen LogP contribution in [0.25, 0.3) is 5.82 Å². The van der Waals surface area contributed by atoms with Gasteiger partial charge in [0.1, 0.15) is 5.82 Å². The fourth-order valence-electron chi connectivity index (χ4n) is 1.54. The Morgan fingerprint density at radius 1 is 1.35 bits per heavy atom. The van der Waals surface area contributed by atoms with Crippen molar-refractivity contribution in [3.63, 3.8) is 0 Å². The molecule has 2 aromatic rings. The van der Waals surface area contributed by atoms with E-state index in [1.807, 2.05) is 13.8 Å². The van der Waals surface area contributed by atoms with Gasteiger partial charge in [-0.25, -0.2) is 4.68 Å². The third kappa shape index (κ3) is 2.10. The Labute approximate surface area is 107 Å². The highest BCUT2D eigenvalue weighted by molar-refractivity contribution is 9.10. The predicted molar refractivity (Wildman–Crippen MR) is 70.3 cm³/mol. The van der Waals surface area contributed by atoms with Gasteiger partial charge in [0.2, 0.25) is 5.95 Å². The van der Waals surface area contributed by atoms with Gasteiger partial charge in [-0.2, -0.15) is 15.1 Å². The van der Waals surface area contributed by atoms with E-state index in [9.17, 15) is 0 Å². The Hall–Kier alpha value is -1.63. The van der Waals surface area contributed by atoms with Crippen molar-refractivity contribution in [2.45, 2.75) is 13.8 Å². The maximum absolute atomic E-state index is 5.65. The van der Waals surface area contributed by atoms with Gasteiger partial charge in [0.15, 0.2) is 5.82 Å². The average Bonchev–Trinajstić information content (AvgIpc) is 2.56. The molecule has 2 aromatic heterocycles. The first-order valence-electron chi connectivity index (χ1n) is 5.07. The summed E-state index contributed by atoms with van der Waals surface area (Å²) < 4.78 is 2.71. The molecule has 0 saturated carbocycles. The van der Waals surface area contributed by atoms with E-state index in [1.165, 1.54) is 0 Å². The van der Waals surface area contributed by atoms with Crippen LogP contribution in [-0.2, 0) is 0 Å². The summed E-state index contributed by atoms with van der Waals surface area (Å²) >= 11 is 3.48. The Morgan fingerprint density at radius 2 is 2.06 bits per heavy atom. The van der Waals surface area contributed by atoms with E-state index in [-0.39, 0.29) is 5.95 Å². The topological polar surface area (TPSA) is 81.7 Å². The molecular weight excluding hydrogens is 284 g/mol. The number of rotatable bonds is 2. The summed E-state index contributed by atoms with van der Waals surface area (Å²) in [6.45, 7) is 3.89. The van der Waals surface area contributed by atoms with Gasteiger partial charge >= 0.3 is 0 Å². The lowest BCUT2D eigenvalue weighted by molar-refractivity contribution is 0.803. The minimum Gasteiger partial charge on any atom is -0.373 e. The molecule has 0 spiro atoms. The number of nitrogens with two attached hydrogens (primary N) is 1. The van der Waals surface area contributed by atoms with Crippen LogP contribution in [0.4, 0.5) is 11.8 Å². The minimum absolute atomic E-state index is 0.218. The second-order valence-corrected chi connectivity index (χ2v) is 4.41.